The second kappa shape index (κ2) is 5.94. The van der Waals surface area contributed by atoms with Gasteiger partial charge in [-0.3, -0.25) is 4.79 Å². The lowest BCUT2D eigenvalue weighted by Crippen LogP contribution is -2.49. The summed E-state index contributed by atoms with van der Waals surface area (Å²) in [7, 11) is 0. The largest absolute Gasteiger partial charge is 0.382 e. The van der Waals surface area contributed by atoms with Crippen LogP contribution in [-0.4, -0.2) is 31.2 Å². The van der Waals surface area contributed by atoms with Crippen molar-refractivity contribution in [2.45, 2.75) is 32.7 Å². The normalized spacial score (nSPS) is 11.4. The van der Waals surface area contributed by atoms with E-state index in [1.807, 2.05) is 6.92 Å². The Labute approximate surface area is 79.8 Å². The van der Waals surface area contributed by atoms with E-state index in [-0.39, 0.29) is 5.91 Å². The molecule has 0 saturated heterocycles. The van der Waals surface area contributed by atoms with Gasteiger partial charge in [0, 0.05) is 19.8 Å². The van der Waals surface area contributed by atoms with E-state index in [1.54, 1.807) is 13.8 Å². The van der Waals surface area contributed by atoms with Crippen molar-refractivity contribution in [1.82, 2.24) is 5.32 Å². The number of nitrogens with one attached hydrogen (secondary N) is 1. The molecule has 0 spiro atoms. The van der Waals surface area contributed by atoms with Gasteiger partial charge >= 0.3 is 0 Å². The Bertz CT molecular complexity index is 152. The molecule has 0 heterocycles. The summed E-state index contributed by atoms with van der Waals surface area (Å²) in [5, 5.41) is 2.74. The number of ether oxygens (including phenoxy) is 1. The van der Waals surface area contributed by atoms with Crippen molar-refractivity contribution in [2.75, 3.05) is 19.8 Å². The van der Waals surface area contributed by atoms with Crippen molar-refractivity contribution in [3.63, 3.8) is 0 Å². The number of carbonyl (C=O) groups is 1. The molecule has 0 aliphatic heterocycles. The molecule has 0 aromatic heterocycles. The summed E-state index contributed by atoms with van der Waals surface area (Å²) < 4.78 is 5.12. The van der Waals surface area contributed by atoms with Gasteiger partial charge in [0.25, 0.3) is 0 Å². The Balaban J connectivity index is 3.38. The third-order valence-electron chi connectivity index (χ3n) is 1.54. The predicted octanol–water partition coefficient (Wildman–Crippen LogP) is 0.267. The number of rotatable bonds is 6. The van der Waals surface area contributed by atoms with Gasteiger partial charge in [0.05, 0.1) is 5.54 Å². The molecular weight excluding hydrogens is 168 g/mol. The molecule has 1 amide bonds. The van der Waals surface area contributed by atoms with Crippen LogP contribution in [0.1, 0.15) is 27.2 Å². The summed E-state index contributed by atoms with van der Waals surface area (Å²) in [5.74, 6) is -0.121. The third kappa shape index (κ3) is 6.54. The molecule has 0 bridgehead atoms. The number of hydrogen-bond donors (Lipinski definition) is 2. The van der Waals surface area contributed by atoms with Crippen LogP contribution in [-0.2, 0) is 9.53 Å². The minimum atomic E-state index is -0.786. The highest BCUT2D eigenvalue weighted by Crippen LogP contribution is 1.95. The van der Waals surface area contributed by atoms with E-state index in [2.05, 4.69) is 5.32 Å². The van der Waals surface area contributed by atoms with Gasteiger partial charge in [-0.1, -0.05) is 0 Å². The monoisotopic (exact) mass is 188 g/mol. The van der Waals surface area contributed by atoms with E-state index in [9.17, 15) is 4.79 Å². The molecule has 13 heavy (non-hydrogen) atoms. The van der Waals surface area contributed by atoms with Crippen LogP contribution in [0, 0.1) is 0 Å². The minimum absolute atomic E-state index is 0.121. The van der Waals surface area contributed by atoms with Gasteiger partial charge in [-0.25, -0.2) is 0 Å². The molecule has 0 unspecified atom stereocenters. The smallest absolute Gasteiger partial charge is 0.239 e. The van der Waals surface area contributed by atoms with Crippen LogP contribution in [0.15, 0.2) is 0 Å². The summed E-state index contributed by atoms with van der Waals surface area (Å²) in [5.41, 5.74) is 4.79. The molecule has 0 atom stereocenters. The van der Waals surface area contributed by atoms with Gasteiger partial charge in [0.2, 0.25) is 5.91 Å². The summed E-state index contributed by atoms with van der Waals surface area (Å²) in [6.45, 7) is 7.34. The standard InChI is InChI=1S/C9H20N2O2/c1-4-13-7-5-6-11-8(12)9(2,3)10/h4-7,10H2,1-3H3,(H,11,12). The zero-order valence-electron chi connectivity index (χ0n) is 8.72. The van der Waals surface area contributed by atoms with Crippen molar-refractivity contribution in [3.05, 3.63) is 0 Å². The van der Waals surface area contributed by atoms with Gasteiger partial charge in [-0.15, -0.1) is 0 Å². The van der Waals surface area contributed by atoms with E-state index in [0.29, 0.717) is 13.2 Å². The molecule has 4 heteroatoms. The lowest BCUT2D eigenvalue weighted by atomic mass is 10.1. The molecule has 78 valence electrons. The van der Waals surface area contributed by atoms with Crippen LogP contribution in [0.2, 0.25) is 0 Å². The molecule has 4 nitrogen and oxygen atoms in total. The van der Waals surface area contributed by atoms with Gasteiger partial charge in [0.1, 0.15) is 0 Å². The molecule has 0 aromatic rings. The first-order valence-electron chi connectivity index (χ1n) is 4.63. The average molecular weight is 188 g/mol. The van der Waals surface area contributed by atoms with Crippen LogP contribution in [0.4, 0.5) is 0 Å². The molecule has 0 saturated carbocycles. The summed E-state index contributed by atoms with van der Waals surface area (Å²) >= 11 is 0. The van der Waals surface area contributed by atoms with E-state index in [1.165, 1.54) is 0 Å². The zero-order valence-corrected chi connectivity index (χ0v) is 8.72. The van der Waals surface area contributed by atoms with Gasteiger partial charge in [-0.2, -0.15) is 0 Å². The fraction of sp³-hybridized carbons (Fsp3) is 0.889. The van der Waals surface area contributed by atoms with E-state index < -0.39 is 5.54 Å². The van der Waals surface area contributed by atoms with Crippen molar-refractivity contribution < 1.29 is 9.53 Å². The Morgan fingerprint density at radius 1 is 1.54 bits per heavy atom. The van der Waals surface area contributed by atoms with Crippen molar-refractivity contribution in [1.29, 1.82) is 0 Å². The van der Waals surface area contributed by atoms with Gasteiger partial charge in [0.15, 0.2) is 0 Å². The van der Waals surface area contributed by atoms with Gasteiger partial charge < -0.3 is 15.8 Å². The molecule has 0 fully saturated rings. The first kappa shape index (κ1) is 12.4. The van der Waals surface area contributed by atoms with E-state index >= 15 is 0 Å². The topological polar surface area (TPSA) is 64.3 Å². The molecule has 3 N–H and O–H groups in total. The molecule has 0 aliphatic rings. The highest BCUT2D eigenvalue weighted by atomic mass is 16.5. The highest BCUT2D eigenvalue weighted by molar-refractivity contribution is 5.84. The summed E-state index contributed by atoms with van der Waals surface area (Å²) in [4.78, 5) is 11.2. The molecular formula is C9H20N2O2. The average Bonchev–Trinajstić information content (AvgIpc) is 2.02. The Morgan fingerprint density at radius 3 is 2.62 bits per heavy atom. The Kier molecular flexibility index (Phi) is 5.66. The highest BCUT2D eigenvalue weighted by Gasteiger charge is 2.20. The number of hydrogen-bond acceptors (Lipinski definition) is 3. The van der Waals surface area contributed by atoms with Crippen molar-refractivity contribution in [3.8, 4) is 0 Å². The number of carbonyl (C=O) groups excluding carboxylic acids is 1. The SMILES string of the molecule is CCOCCCNC(=O)C(C)(C)N. The van der Waals surface area contributed by atoms with Crippen molar-refractivity contribution in [2.24, 2.45) is 5.73 Å². The number of nitrogens with two attached hydrogens (primary N) is 1. The zero-order chi connectivity index (χ0) is 10.3. The fourth-order valence-corrected chi connectivity index (χ4v) is 0.748. The second-order valence-corrected chi connectivity index (χ2v) is 3.53. The Hall–Kier alpha value is -0.610. The minimum Gasteiger partial charge on any atom is -0.382 e. The first-order chi connectivity index (χ1) is 5.98. The second-order valence-electron chi connectivity index (χ2n) is 3.53. The van der Waals surface area contributed by atoms with Crippen LogP contribution >= 0.6 is 0 Å². The maximum Gasteiger partial charge on any atom is 0.239 e. The van der Waals surface area contributed by atoms with Crippen LogP contribution in [0.5, 0.6) is 0 Å². The van der Waals surface area contributed by atoms with Gasteiger partial charge in [-0.05, 0) is 27.2 Å². The first-order valence-corrected chi connectivity index (χ1v) is 4.63. The lowest BCUT2D eigenvalue weighted by Gasteiger charge is -2.17. The van der Waals surface area contributed by atoms with E-state index in [4.69, 9.17) is 10.5 Å². The molecule has 0 aliphatic carbocycles. The summed E-state index contributed by atoms with van der Waals surface area (Å²) in [6, 6.07) is 0. The van der Waals surface area contributed by atoms with Crippen LogP contribution < -0.4 is 11.1 Å². The fourth-order valence-electron chi connectivity index (χ4n) is 0.748. The third-order valence-corrected chi connectivity index (χ3v) is 1.54. The molecule has 0 radical (unpaired) electrons. The molecule has 0 aromatic carbocycles. The quantitative estimate of drug-likeness (QED) is 0.588. The van der Waals surface area contributed by atoms with Crippen LogP contribution in [0.25, 0.3) is 0 Å². The molecule has 0 rings (SSSR count). The lowest BCUT2D eigenvalue weighted by molar-refractivity contribution is -0.125. The summed E-state index contributed by atoms with van der Waals surface area (Å²) in [6.07, 6.45) is 0.829. The van der Waals surface area contributed by atoms with E-state index in [0.717, 1.165) is 13.0 Å². The van der Waals surface area contributed by atoms with Crippen molar-refractivity contribution >= 4 is 5.91 Å². The maximum absolute atomic E-state index is 11.2. The Morgan fingerprint density at radius 2 is 2.15 bits per heavy atom. The predicted molar refractivity (Wildman–Crippen MR) is 52.4 cm³/mol. The maximum atomic E-state index is 11.2. The van der Waals surface area contributed by atoms with Crippen LogP contribution in [0.3, 0.4) is 0 Å². The number of amides is 1.